The van der Waals surface area contributed by atoms with Gasteiger partial charge in [-0.2, -0.15) is 11.3 Å². The molecule has 1 fully saturated rings. The largest absolute Gasteiger partial charge is 0.346 e. The van der Waals surface area contributed by atoms with Gasteiger partial charge in [-0.15, -0.1) is 11.3 Å². The summed E-state index contributed by atoms with van der Waals surface area (Å²) < 4.78 is 0. The Bertz CT molecular complexity index is 558. The Morgan fingerprint density at radius 2 is 2.42 bits per heavy atom. The summed E-state index contributed by atoms with van der Waals surface area (Å²) in [5.41, 5.74) is 1.09. The standard InChI is InChI=1S/C14H16N2OS2/c1-9-7-15-14(19-9)13(11-2-3-11)16-12(17)6-10-4-5-18-8-10/h4-5,7-8,11,13H,2-3,6H2,1H3,(H,16,17)/t13-/m0/s1. The maximum Gasteiger partial charge on any atom is 0.225 e. The van der Waals surface area contributed by atoms with Crippen LogP contribution in [0, 0.1) is 12.8 Å². The number of thiophene rings is 1. The van der Waals surface area contributed by atoms with Crippen molar-refractivity contribution in [3.8, 4) is 0 Å². The molecular weight excluding hydrogens is 276 g/mol. The second-order valence-electron chi connectivity index (χ2n) is 5.00. The predicted octanol–water partition coefficient (Wildman–Crippen LogP) is 3.32. The van der Waals surface area contributed by atoms with Crippen LogP contribution in [0.3, 0.4) is 0 Å². The van der Waals surface area contributed by atoms with Crippen LogP contribution in [0.1, 0.15) is 34.3 Å². The second-order valence-corrected chi connectivity index (χ2v) is 7.05. The summed E-state index contributed by atoms with van der Waals surface area (Å²) in [6.07, 6.45) is 4.75. The summed E-state index contributed by atoms with van der Waals surface area (Å²) in [6.45, 7) is 2.05. The Morgan fingerprint density at radius 1 is 1.58 bits per heavy atom. The van der Waals surface area contributed by atoms with E-state index in [2.05, 4.69) is 17.2 Å². The lowest BCUT2D eigenvalue weighted by Crippen LogP contribution is -2.30. The fourth-order valence-electron chi connectivity index (χ4n) is 2.13. The molecule has 0 saturated heterocycles. The first-order valence-corrected chi connectivity index (χ1v) is 8.21. The molecule has 2 aromatic rings. The van der Waals surface area contributed by atoms with Gasteiger partial charge in [-0.05, 0) is 48.1 Å². The maximum atomic E-state index is 12.1. The minimum absolute atomic E-state index is 0.100. The van der Waals surface area contributed by atoms with E-state index in [4.69, 9.17) is 0 Å². The van der Waals surface area contributed by atoms with Crippen molar-refractivity contribution >= 4 is 28.6 Å². The minimum atomic E-state index is 0.100. The third-order valence-electron chi connectivity index (χ3n) is 3.26. The number of nitrogens with one attached hydrogen (secondary N) is 1. The first-order chi connectivity index (χ1) is 9.22. The minimum Gasteiger partial charge on any atom is -0.346 e. The highest BCUT2D eigenvalue weighted by Gasteiger charge is 2.35. The van der Waals surface area contributed by atoms with Gasteiger partial charge in [-0.1, -0.05) is 0 Å². The Labute approximate surface area is 120 Å². The second kappa shape index (κ2) is 5.43. The maximum absolute atomic E-state index is 12.1. The number of carbonyl (C=O) groups excluding carboxylic acids is 1. The van der Waals surface area contributed by atoms with Crippen LogP contribution in [0.4, 0.5) is 0 Å². The quantitative estimate of drug-likeness (QED) is 0.918. The van der Waals surface area contributed by atoms with Crippen molar-refractivity contribution in [1.82, 2.24) is 10.3 Å². The van der Waals surface area contributed by atoms with Gasteiger partial charge < -0.3 is 5.32 Å². The van der Waals surface area contributed by atoms with Crippen molar-refractivity contribution in [2.45, 2.75) is 32.2 Å². The SMILES string of the molecule is Cc1cnc([C@@H](NC(=O)Cc2ccsc2)C2CC2)s1. The third-order valence-corrected chi connectivity index (χ3v) is 4.99. The summed E-state index contributed by atoms with van der Waals surface area (Å²) in [4.78, 5) is 17.7. The molecule has 0 radical (unpaired) electrons. The number of hydrogen-bond acceptors (Lipinski definition) is 4. The van der Waals surface area contributed by atoms with E-state index in [9.17, 15) is 4.79 Å². The van der Waals surface area contributed by atoms with Gasteiger partial charge in [0.15, 0.2) is 0 Å². The lowest BCUT2D eigenvalue weighted by atomic mass is 10.1. The third kappa shape index (κ3) is 3.22. The molecule has 19 heavy (non-hydrogen) atoms. The van der Waals surface area contributed by atoms with Crippen LogP contribution in [0.5, 0.6) is 0 Å². The Morgan fingerprint density at radius 3 is 3.00 bits per heavy atom. The van der Waals surface area contributed by atoms with Crippen LogP contribution in [0.25, 0.3) is 0 Å². The molecule has 5 heteroatoms. The van der Waals surface area contributed by atoms with Gasteiger partial charge in [0.05, 0.1) is 12.5 Å². The molecular formula is C14H16N2OS2. The lowest BCUT2D eigenvalue weighted by Gasteiger charge is -2.15. The zero-order valence-corrected chi connectivity index (χ0v) is 12.4. The highest BCUT2D eigenvalue weighted by atomic mass is 32.1. The van der Waals surface area contributed by atoms with E-state index in [1.807, 2.05) is 23.0 Å². The summed E-state index contributed by atoms with van der Waals surface area (Å²) in [7, 11) is 0. The summed E-state index contributed by atoms with van der Waals surface area (Å²) in [5, 5.41) is 8.25. The number of thiazole rings is 1. The number of aromatic nitrogens is 1. The van der Waals surface area contributed by atoms with Gasteiger partial charge in [-0.25, -0.2) is 4.98 Å². The molecule has 2 heterocycles. The zero-order chi connectivity index (χ0) is 13.2. The summed E-state index contributed by atoms with van der Waals surface area (Å²) >= 11 is 3.32. The topological polar surface area (TPSA) is 42.0 Å². The molecule has 0 aromatic carbocycles. The Kier molecular flexibility index (Phi) is 3.66. The van der Waals surface area contributed by atoms with Crippen LogP contribution in [-0.2, 0) is 11.2 Å². The monoisotopic (exact) mass is 292 g/mol. The molecule has 1 N–H and O–H groups in total. The zero-order valence-electron chi connectivity index (χ0n) is 10.8. The highest BCUT2D eigenvalue weighted by Crippen LogP contribution is 2.42. The molecule has 0 unspecified atom stereocenters. The van der Waals surface area contributed by atoms with Crippen LogP contribution >= 0.6 is 22.7 Å². The summed E-state index contributed by atoms with van der Waals surface area (Å²) in [5.74, 6) is 0.681. The highest BCUT2D eigenvalue weighted by molar-refractivity contribution is 7.11. The van der Waals surface area contributed by atoms with Gasteiger partial charge in [0, 0.05) is 11.1 Å². The summed E-state index contributed by atoms with van der Waals surface area (Å²) in [6, 6.07) is 2.12. The smallest absolute Gasteiger partial charge is 0.225 e. The molecule has 3 nitrogen and oxygen atoms in total. The van der Waals surface area contributed by atoms with Crippen molar-refractivity contribution in [3.63, 3.8) is 0 Å². The molecule has 0 spiro atoms. The van der Waals surface area contributed by atoms with Crippen LogP contribution in [0.15, 0.2) is 23.0 Å². The average Bonchev–Trinajstić information content (AvgIpc) is 2.93. The van der Waals surface area contributed by atoms with E-state index in [-0.39, 0.29) is 11.9 Å². The molecule has 1 aliphatic carbocycles. The number of aryl methyl sites for hydroxylation is 1. The van der Waals surface area contributed by atoms with Crippen LogP contribution in [-0.4, -0.2) is 10.9 Å². The molecule has 0 aliphatic heterocycles. The van der Waals surface area contributed by atoms with Gasteiger partial charge in [-0.3, -0.25) is 4.79 Å². The van der Waals surface area contributed by atoms with Crippen molar-refractivity contribution in [3.05, 3.63) is 38.5 Å². The van der Waals surface area contributed by atoms with Crippen LogP contribution < -0.4 is 5.32 Å². The van der Waals surface area contributed by atoms with Gasteiger partial charge in [0.25, 0.3) is 0 Å². The molecule has 0 bridgehead atoms. The fourth-order valence-corrected chi connectivity index (χ4v) is 3.72. The molecule has 1 atom stereocenters. The normalized spacial score (nSPS) is 16.3. The number of hydrogen-bond donors (Lipinski definition) is 1. The molecule has 2 aromatic heterocycles. The molecule has 100 valence electrons. The van der Waals surface area contributed by atoms with E-state index >= 15 is 0 Å². The molecule has 1 amide bonds. The Hall–Kier alpha value is -1.20. The van der Waals surface area contributed by atoms with Crippen LogP contribution in [0.2, 0.25) is 0 Å². The van der Waals surface area contributed by atoms with Gasteiger partial charge in [0.2, 0.25) is 5.91 Å². The van der Waals surface area contributed by atoms with Crippen molar-refractivity contribution in [1.29, 1.82) is 0 Å². The van der Waals surface area contributed by atoms with Crippen molar-refractivity contribution in [2.24, 2.45) is 5.92 Å². The van der Waals surface area contributed by atoms with E-state index < -0.39 is 0 Å². The Balaban J connectivity index is 1.66. The van der Waals surface area contributed by atoms with Gasteiger partial charge >= 0.3 is 0 Å². The number of carbonyl (C=O) groups is 1. The predicted molar refractivity (Wildman–Crippen MR) is 78.5 cm³/mol. The fraction of sp³-hybridized carbons (Fsp3) is 0.429. The van der Waals surface area contributed by atoms with Crippen molar-refractivity contribution < 1.29 is 4.79 Å². The number of amides is 1. The van der Waals surface area contributed by atoms with E-state index in [0.29, 0.717) is 12.3 Å². The van der Waals surface area contributed by atoms with Crippen molar-refractivity contribution in [2.75, 3.05) is 0 Å². The van der Waals surface area contributed by atoms with E-state index in [1.165, 1.54) is 17.7 Å². The first kappa shape index (κ1) is 12.8. The van der Waals surface area contributed by atoms with E-state index in [0.717, 1.165) is 10.6 Å². The molecule has 3 rings (SSSR count). The van der Waals surface area contributed by atoms with E-state index in [1.54, 1.807) is 22.7 Å². The number of nitrogens with zero attached hydrogens (tertiary/aromatic N) is 1. The average molecular weight is 292 g/mol. The first-order valence-electron chi connectivity index (χ1n) is 6.45. The van der Waals surface area contributed by atoms with Gasteiger partial charge in [0.1, 0.15) is 5.01 Å². The molecule has 1 aliphatic rings. The number of rotatable bonds is 5. The lowest BCUT2D eigenvalue weighted by molar-refractivity contribution is -0.121. The molecule has 1 saturated carbocycles.